The van der Waals surface area contributed by atoms with Gasteiger partial charge in [-0.15, -0.1) is 0 Å². The summed E-state index contributed by atoms with van der Waals surface area (Å²) in [6.07, 6.45) is 6.26. The molecule has 3 rings (SSSR count). The van der Waals surface area contributed by atoms with Crippen molar-refractivity contribution in [2.24, 2.45) is 0 Å². The molecule has 2 heterocycles. The number of nitrogens with zero attached hydrogens (tertiary/aromatic N) is 3. The fraction of sp³-hybridized carbons (Fsp3) is 0.421. The summed E-state index contributed by atoms with van der Waals surface area (Å²) in [5.74, 6) is 0.490. The summed E-state index contributed by atoms with van der Waals surface area (Å²) in [6, 6.07) is 7.08. The van der Waals surface area contributed by atoms with Gasteiger partial charge in [-0.25, -0.2) is 8.42 Å². The molecule has 146 valence electrons. The van der Waals surface area contributed by atoms with E-state index in [1.54, 1.807) is 25.5 Å². The molecule has 1 unspecified atom stereocenters. The number of anilines is 2. The third kappa shape index (κ3) is 3.83. The van der Waals surface area contributed by atoms with Crippen LogP contribution in [0, 0.1) is 0 Å². The van der Waals surface area contributed by atoms with E-state index in [0.29, 0.717) is 22.5 Å². The number of hydrogen-bond donors (Lipinski definition) is 0. The van der Waals surface area contributed by atoms with E-state index in [1.807, 2.05) is 23.1 Å². The van der Waals surface area contributed by atoms with E-state index in [0.717, 1.165) is 24.9 Å². The first-order chi connectivity index (χ1) is 12.9. The van der Waals surface area contributed by atoms with Crippen molar-refractivity contribution in [1.29, 1.82) is 0 Å². The van der Waals surface area contributed by atoms with Crippen LogP contribution in [0.5, 0.6) is 5.75 Å². The maximum atomic E-state index is 13.4. The van der Waals surface area contributed by atoms with Gasteiger partial charge in [-0.05, 0) is 40.5 Å². The highest BCUT2D eigenvalue weighted by atomic mass is 79.9. The van der Waals surface area contributed by atoms with Crippen molar-refractivity contribution < 1.29 is 13.2 Å². The van der Waals surface area contributed by atoms with Crippen molar-refractivity contribution in [3.63, 3.8) is 0 Å². The molecule has 6 nitrogen and oxygen atoms in total. The first kappa shape index (κ1) is 20.1. The molecule has 1 aromatic carbocycles. The van der Waals surface area contributed by atoms with E-state index < -0.39 is 10.0 Å². The molecule has 1 aromatic heterocycles. The number of rotatable bonds is 5. The minimum absolute atomic E-state index is 0.132. The summed E-state index contributed by atoms with van der Waals surface area (Å²) < 4.78 is 34.3. The van der Waals surface area contributed by atoms with Crippen LogP contribution < -0.4 is 9.64 Å². The smallest absolute Gasteiger partial charge is 0.245 e. The Labute approximate surface area is 169 Å². The molecule has 0 saturated heterocycles. The lowest BCUT2D eigenvalue weighted by atomic mass is 10.1. The van der Waals surface area contributed by atoms with Gasteiger partial charge < -0.3 is 9.64 Å². The second-order valence-corrected chi connectivity index (χ2v) is 9.41. The SMILES string of the molecule is CCCCC1CN(c2cccnc2)c2cc(Br)c(OC)cc2S(=O)(=O)N1C. The Morgan fingerprint density at radius 2 is 2.15 bits per heavy atom. The number of aromatic nitrogens is 1. The third-order valence-electron chi connectivity index (χ3n) is 4.94. The normalized spacial score (nSPS) is 19.4. The van der Waals surface area contributed by atoms with E-state index in [1.165, 1.54) is 11.4 Å². The van der Waals surface area contributed by atoms with Crippen LogP contribution in [0.15, 0.2) is 46.0 Å². The molecule has 1 aliphatic rings. The predicted molar refractivity (Wildman–Crippen MR) is 110 cm³/mol. The van der Waals surface area contributed by atoms with Gasteiger partial charge in [0.2, 0.25) is 10.0 Å². The summed E-state index contributed by atoms with van der Waals surface area (Å²) in [7, 11) is -0.459. The molecule has 0 N–H and O–H groups in total. The number of pyridine rings is 1. The van der Waals surface area contributed by atoms with Crippen molar-refractivity contribution in [2.75, 3.05) is 25.6 Å². The van der Waals surface area contributed by atoms with Gasteiger partial charge in [0.25, 0.3) is 0 Å². The zero-order valence-corrected chi connectivity index (χ0v) is 18.1. The summed E-state index contributed by atoms with van der Waals surface area (Å²) in [4.78, 5) is 6.50. The summed E-state index contributed by atoms with van der Waals surface area (Å²) in [6.45, 7) is 2.67. The topological polar surface area (TPSA) is 62.7 Å². The Hall–Kier alpha value is -1.64. The van der Waals surface area contributed by atoms with Crippen molar-refractivity contribution >= 4 is 37.3 Å². The van der Waals surface area contributed by atoms with E-state index in [2.05, 4.69) is 27.8 Å². The van der Waals surface area contributed by atoms with Crippen molar-refractivity contribution in [3.05, 3.63) is 41.1 Å². The molecular formula is C19H24BrN3O3S. The molecule has 0 aliphatic carbocycles. The lowest BCUT2D eigenvalue weighted by Crippen LogP contribution is -2.40. The second kappa shape index (κ2) is 8.16. The van der Waals surface area contributed by atoms with Crippen LogP contribution in [0.4, 0.5) is 11.4 Å². The maximum absolute atomic E-state index is 13.4. The highest BCUT2D eigenvalue weighted by Crippen LogP contribution is 2.42. The lowest BCUT2D eigenvalue weighted by Gasteiger charge is -2.29. The Morgan fingerprint density at radius 3 is 2.78 bits per heavy atom. The van der Waals surface area contributed by atoms with Crippen LogP contribution in [0.3, 0.4) is 0 Å². The maximum Gasteiger partial charge on any atom is 0.245 e. The van der Waals surface area contributed by atoms with Gasteiger partial charge in [0.1, 0.15) is 10.6 Å². The van der Waals surface area contributed by atoms with Crippen LogP contribution in [-0.4, -0.2) is 44.5 Å². The number of sulfonamides is 1. The lowest BCUT2D eigenvalue weighted by molar-refractivity contribution is 0.351. The second-order valence-electron chi connectivity index (χ2n) is 6.59. The number of likely N-dealkylation sites (N-methyl/N-ethyl adjacent to an activating group) is 1. The van der Waals surface area contributed by atoms with Crippen LogP contribution in [0.25, 0.3) is 0 Å². The van der Waals surface area contributed by atoms with Crippen molar-refractivity contribution in [3.8, 4) is 5.75 Å². The molecular weight excluding hydrogens is 430 g/mol. The summed E-state index contributed by atoms with van der Waals surface area (Å²) in [5, 5.41) is 0. The zero-order valence-electron chi connectivity index (χ0n) is 15.7. The van der Waals surface area contributed by atoms with Gasteiger partial charge in [0, 0.05) is 31.9 Å². The van der Waals surface area contributed by atoms with E-state index in [4.69, 9.17) is 4.74 Å². The van der Waals surface area contributed by atoms with Gasteiger partial charge in [-0.1, -0.05) is 19.8 Å². The van der Waals surface area contributed by atoms with Gasteiger partial charge in [0.05, 0.1) is 29.2 Å². The van der Waals surface area contributed by atoms with Crippen LogP contribution in [-0.2, 0) is 10.0 Å². The molecule has 27 heavy (non-hydrogen) atoms. The number of unbranched alkanes of at least 4 members (excludes halogenated alkanes) is 1. The minimum Gasteiger partial charge on any atom is -0.496 e. The first-order valence-electron chi connectivity index (χ1n) is 8.93. The Balaban J connectivity index is 2.22. The van der Waals surface area contributed by atoms with E-state index >= 15 is 0 Å². The van der Waals surface area contributed by atoms with Gasteiger partial charge in [0.15, 0.2) is 0 Å². The standard InChI is InChI=1S/C19H24BrN3O3S/c1-4-5-7-15-13-23(14-8-6-9-21-12-14)17-10-16(20)18(26-3)11-19(17)27(24,25)22(15)2/h6,8-12,15H,4-5,7,13H2,1-3H3. The number of methoxy groups -OCH3 is 1. The van der Waals surface area contributed by atoms with E-state index in [-0.39, 0.29) is 10.9 Å². The third-order valence-corrected chi connectivity index (χ3v) is 7.50. The average molecular weight is 454 g/mol. The number of fused-ring (bicyclic) bond motifs is 1. The fourth-order valence-electron chi connectivity index (χ4n) is 3.34. The zero-order chi connectivity index (χ0) is 19.6. The molecule has 0 saturated carbocycles. The molecule has 0 radical (unpaired) electrons. The molecule has 1 atom stereocenters. The molecule has 0 spiro atoms. The van der Waals surface area contributed by atoms with Gasteiger partial charge >= 0.3 is 0 Å². The highest BCUT2D eigenvalue weighted by Gasteiger charge is 2.37. The molecule has 1 aliphatic heterocycles. The minimum atomic E-state index is -3.66. The van der Waals surface area contributed by atoms with Crippen LogP contribution in [0.1, 0.15) is 26.2 Å². The van der Waals surface area contributed by atoms with Crippen molar-refractivity contribution in [2.45, 2.75) is 37.1 Å². The van der Waals surface area contributed by atoms with Gasteiger partial charge in [-0.3, -0.25) is 4.98 Å². The molecule has 8 heteroatoms. The first-order valence-corrected chi connectivity index (χ1v) is 11.2. The number of ether oxygens (including phenoxy) is 1. The highest BCUT2D eigenvalue weighted by molar-refractivity contribution is 9.10. The Bertz CT molecular complexity index is 906. The van der Waals surface area contributed by atoms with Crippen molar-refractivity contribution in [1.82, 2.24) is 9.29 Å². The quantitative estimate of drug-likeness (QED) is 0.678. The molecule has 2 aromatic rings. The number of halogens is 1. The largest absolute Gasteiger partial charge is 0.496 e. The van der Waals surface area contributed by atoms with E-state index in [9.17, 15) is 8.42 Å². The number of benzene rings is 1. The fourth-order valence-corrected chi connectivity index (χ4v) is 5.40. The van der Waals surface area contributed by atoms with Crippen LogP contribution >= 0.6 is 15.9 Å². The molecule has 0 bridgehead atoms. The molecule has 0 fully saturated rings. The Morgan fingerprint density at radius 1 is 1.37 bits per heavy atom. The van der Waals surface area contributed by atoms with Crippen LogP contribution in [0.2, 0.25) is 0 Å². The monoisotopic (exact) mass is 453 g/mol. The number of hydrogen-bond acceptors (Lipinski definition) is 5. The Kier molecular flexibility index (Phi) is 6.08. The summed E-state index contributed by atoms with van der Waals surface area (Å²) >= 11 is 3.50. The summed E-state index contributed by atoms with van der Waals surface area (Å²) in [5.41, 5.74) is 1.49. The average Bonchev–Trinajstić information content (AvgIpc) is 2.74. The molecule has 0 amide bonds. The predicted octanol–water partition coefficient (Wildman–Crippen LogP) is 4.18. The van der Waals surface area contributed by atoms with Gasteiger partial charge in [-0.2, -0.15) is 4.31 Å².